The summed E-state index contributed by atoms with van der Waals surface area (Å²) < 4.78 is 1.86. The van der Waals surface area contributed by atoms with Gasteiger partial charge in [0.15, 0.2) is 0 Å². The lowest BCUT2D eigenvalue weighted by Gasteiger charge is -2.12. The highest BCUT2D eigenvalue weighted by atomic mass is 15.2. The molecule has 0 radical (unpaired) electrons. The fourth-order valence-corrected chi connectivity index (χ4v) is 2.33. The van der Waals surface area contributed by atoms with E-state index < -0.39 is 0 Å². The molecular weight excluding hydrogens is 234 g/mol. The molecule has 0 aliphatic carbocycles. The minimum Gasteiger partial charge on any atom is -0.320 e. The van der Waals surface area contributed by atoms with Gasteiger partial charge < -0.3 is 5.73 Å². The smallest absolute Gasteiger partial charge is 0.0712 e. The van der Waals surface area contributed by atoms with Gasteiger partial charge in [-0.1, -0.05) is 24.3 Å². The number of aryl methyl sites for hydroxylation is 2. The van der Waals surface area contributed by atoms with Crippen LogP contribution in [0.1, 0.15) is 28.3 Å². The van der Waals surface area contributed by atoms with E-state index in [1.807, 2.05) is 35.1 Å². The van der Waals surface area contributed by atoms with Gasteiger partial charge in [-0.2, -0.15) is 5.10 Å². The second kappa shape index (κ2) is 4.52. The molecule has 3 aromatic rings. The predicted octanol–water partition coefficient (Wildman–Crippen LogP) is 3.00. The molecule has 0 aliphatic heterocycles. The molecule has 0 spiro atoms. The Kier molecular flexibility index (Phi) is 2.84. The molecule has 1 aromatic carbocycles. The second-order valence-corrected chi connectivity index (χ2v) is 4.95. The number of nitrogens with two attached hydrogens (primary N) is 1. The van der Waals surface area contributed by atoms with Gasteiger partial charge in [-0.05, 0) is 42.7 Å². The SMILES string of the molecule is Cc1ccc(C(N)c2cnn3ccccc23)cc1C. The Balaban J connectivity index is 2.08. The van der Waals surface area contributed by atoms with Crippen LogP contribution in [0.4, 0.5) is 0 Å². The number of pyridine rings is 1. The molecule has 3 rings (SSSR count). The maximum absolute atomic E-state index is 6.39. The number of hydrogen-bond donors (Lipinski definition) is 1. The molecule has 0 saturated heterocycles. The van der Waals surface area contributed by atoms with Crippen LogP contribution in [-0.4, -0.2) is 9.61 Å². The molecule has 19 heavy (non-hydrogen) atoms. The Morgan fingerprint density at radius 2 is 1.95 bits per heavy atom. The van der Waals surface area contributed by atoms with Gasteiger partial charge in [0, 0.05) is 11.8 Å². The van der Waals surface area contributed by atoms with Gasteiger partial charge >= 0.3 is 0 Å². The van der Waals surface area contributed by atoms with E-state index in [0.717, 1.165) is 16.6 Å². The number of rotatable bonds is 2. The normalized spacial score (nSPS) is 12.8. The summed E-state index contributed by atoms with van der Waals surface area (Å²) in [5.41, 5.74) is 12.2. The lowest BCUT2D eigenvalue weighted by atomic mass is 9.97. The van der Waals surface area contributed by atoms with Crippen LogP contribution in [0.25, 0.3) is 5.52 Å². The van der Waals surface area contributed by atoms with Crippen molar-refractivity contribution in [1.82, 2.24) is 9.61 Å². The van der Waals surface area contributed by atoms with Crippen molar-refractivity contribution in [3.8, 4) is 0 Å². The van der Waals surface area contributed by atoms with Crippen molar-refractivity contribution in [2.45, 2.75) is 19.9 Å². The van der Waals surface area contributed by atoms with E-state index in [2.05, 4.69) is 37.1 Å². The summed E-state index contributed by atoms with van der Waals surface area (Å²) in [5, 5.41) is 4.34. The van der Waals surface area contributed by atoms with E-state index >= 15 is 0 Å². The second-order valence-electron chi connectivity index (χ2n) is 4.95. The van der Waals surface area contributed by atoms with Crippen LogP contribution >= 0.6 is 0 Å². The first-order valence-corrected chi connectivity index (χ1v) is 6.42. The Labute approximate surface area is 112 Å². The average Bonchev–Trinajstić information content (AvgIpc) is 2.85. The summed E-state index contributed by atoms with van der Waals surface area (Å²) in [7, 11) is 0. The predicted molar refractivity (Wildman–Crippen MR) is 77.1 cm³/mol. The molecule has 1 atom stereocenters. The minimum absolute atomic E-state index is 0.140. The summed E-state index contributed by atoms with van der Waals surface area (Å²) in [5.74, 6) is 0. The third-order valence-corrected chi connectivity index (χ3v) is 3.68. The zero-order chi connectivity index (χ0) is 13.4. The molecule has 1 unspecified atom stereocenters. The number of fused-ring (bicyclic) bond motifs is 1. The van der Waals surface area contributed by atoms with Gasteiger partial charge in [-0.15, -0.1) is 0 Å². The number of aromatic nitrogens is 2. The van der Waals surface area contributed by atoms with E-state index in [0.29, 0.717) is 0 Å². The number of benzene rings is 1. The minimum atomic E-state index is -0.140. The Bertz CT molecular complexity index is 728. The molecule has 2 heterocycles. The van der Waals surface area contributed by atoms with Crippen LogP contribution in [0, 0.1) is 13.8 Å². The summed E-state index contributed by atoms with van der Waals surface area (Å²) in [6.07, 6.45) is 3.79. The quantitative estimate of drug-likeness (QED) is 0.761. The summed E-state index contributed by atoms with van der Waals surface area (Å²) in [6.45, 7) is 4.22. The van der Waals surface area contributed by atoms with Crippen molar-refractivity contribution < 1.29 is 0 Å². The van der Waals surface area contributed by atoms with Gasteiger partial charge in [0.1, 0.15) is 0 Å². The zero-order valence-corrected chi connectivity index (χ0v) is 11.2. The molecular formula is C16H17N3. The van der Waals surface area contributed by atoms with Crippen LogP contribution in [0.2, 0.25) is 0 Å². The average molecular weight is 251 g/mol. The van der Waals surface area contributed by atoms with Crippen LogP contribution in [-0.2, 0) is 0 Å². The Morgan fingerprint density at radius 3 is 2.74 bits per heavy atom. The lowest BCUT2D eigenvalue weighted by molar-refractivity contribution is 0.877. The molecule has 3 nitrogen and oxygen atoms in total. The van der Waals surface area contributed by atoms with Crippen molar-refractivity contribution in [1.29, 1.82) is 0 Å². The van der Waals surface area contributed by atoms with E-state index in [1.54, 1.807) is 0 Å². The van der Waals surface area contributed by atoms with E-state index in [1.165, 1.54) is 11.1 Å². The number of nitrogens with zero attached hydrogens (tertiary/aromatic N) is 2. The van der Waals surface area contributed by atoms with Crippen molar-refractivity contribution in [3.63, 3.8) is 0 Å². The molecule has 96 valence electrons. The van der Waals surface area contributed by atoms with Gasteiger partial charge in [0.2, 0.25) is 0 Å². The first-order valence-electron chi connectivity index (χ1n) is 6.42. The zero-order valence-electron chi connectivity index (χ0n) is 11.2. The standard InChI is InChI=1S/C16H17N3/c1-11-6-7-13(9-12(11)2)16(17)14-10-18-19-8-4-3-5-15(14)19/h3-10,16H,17H2,1-2H3. The van der Waals surface area contributed by atoms with Crippen molar-refractivity contribution in [2.24, 2.45) is 5.73 Å². The summed E-state index contributed by atoms with van der Waals surface area (Å²) in [6, 6.07) is 12.3. The van der Waals surface area contributed by atoms with Crippen molar-refractivity contribution >= 4 is 5.52 Å². The van der Waals surface area contributed by atoms with E-state index in [4.69, 9.17) is 5.73 Å². The van der Waals surface area contributed by atoms with Gasteiger partial charge in [0.25, 0.3) is 0 Å². The highest BCUT2D eigenvalue weighted by Gasteiger charge is 2.14. The van der Waals surface area contributed by atoms with Crippen molar-refractivity contribution in [2.75, 3.05) is 0 Å². The van der Waals surface area contributed by atoms with E-state index in [-0.39, 0.29) is 6.04 Å². The fourth-order valence-electron chi connectivity index (χ4n) is 2.33. The highest BCUT2D eigenvalue weighted by molar-refractivity contribution is 5.57. The maximum atomic E-state index is 6.39. The third-order valence-electron chi connectivity index (χ3n) is 3.68. The number of hydrogen-bond acceptors (Lipinski definition) is 2. The highest BCUT2D eigenvalue weighted by Crippen LogP contribution is 2.24. The fraction of sp³-hybridized carbons (Fsp3) is 0.188. The molecule has 3 heteroatoms. The summed E-state index contributed by atoms with van der Waals surface area (Å²) >= 11 is 0. The molecule has 2 N–H and O–H groups in total. The Hall–Kier alpha value is -2.13. The molecule has 0 bridgehead atoms. The largest absolute Gasteiger partial charge is 0.320 e. The first kappa shape index (κ1) is 11.9. The lowest BCUT2D eigenvalue weighted by Crippen LogP contribution is -2.11. The molecule has 0 saturated carbocycles. The molecule has 0 aliphatic rings. The van der Waals surface area contributed by atoms with Gasteiger partial charge in [-0.25, -0.2) is 4.52 Å². The van der Waals surface area contributed by atoms with Gasteiger partial charge in [0.05, 0.1) is 17.8 Å². The van der Waals surface area contributed by atoms with Crippen LogP contribution in [0.3, 0.4) is 0 Å². The van der Waals surface area contributed by atoms with Crippen LogP contribution < -0.4 is 5.73 Å². The topological polar surface area (TPSA) is 43.3 Å². The van der Waals surface area contributed by atoms with Crippen LogP contribution in [0.15, 0.2) is 48.8 Å². The van der Waals surface area contributed by atoms with E-state index in [9.17, 15) is 0 Å². The first-order chi connectivity index (χ1) is 9.16. The van der Waals surface area contributed by atoms with Gasteiger partial charge in [-0.3, -0.25) is 0 Å². The monoisotopic (exact) mass is 251 g/mol. The summed E-state index contributed by atoms with van der Waals surface area (Å²) in [4.78, 5) is 0. The Morgan fingerprint density at radius 1 is 1.11 bits per heavy atom. The third kappa shape index (κ3) is 2.02. The van der Waals surface area contributed by atoms with Crippen LogP contribution in [0.5, 0.6) is 0 Å². The van der Waals surface area contributed by atoms with Crippen molar-refractivity contribution in [3.05, 3.63) is 71.0 Å². The molecule has 0 fully saturated rings. The molecule has 0 amide bonds. The molecule has 2 aromatic heterocycles. The maximum Gasteiger partial charge on any atom is 0.0712 e.